The fourth-order valence-electron chi connectivity index (χ4n) is 5.01. The van der Waals surface area contributed by atoms with Crippen LogP contribution in [0.4, 0.5) is 17.5 Å². The van der Waals surface area contributed by atoms with Crippen molar-refractivity contribution in [2.24, 2.45) is 0 Å². The molecule has 2 fully saturated rings. The minimum atomic E-state index is -0.0204. The van der Waals surface area contributed by atoms with Crippen molar-refractivity contribution in [3.63, 3.8) is 0 Å². The first-order valence-corrected chi connectivity index (χ1v) is 12.4. The van der Waals surface area contributed by atoms with Crippen molar-refractivity contribution in [3.8, 4) is 0 Å². The Hall–Kier alpha value is -2.52. The molecule has 1 N–H and O–H groups in total. The molecule has 3 aromatic heterocycles. The second-order valence-electron chi connectivity index (χ2n) is 9.17. The number of hydrogen-bond donors (Lipinski definition) is 1. The molecule has 9 heteroatoms. The molecule has 5 rings (SSSR count). The topological polar surface area (TPSA) is 85.2 Å². The second kappa shape index (κ2) is 9.02. The Labute approximate surface area is 201 Å². The summed E-state index contributed by atoms with van der Waals surface area (Å²) in [7, 11) is 0. The summed E-state index contributed by atoms with van der Waals surface area (Å²) in [6.07, 6.45) is 8.31. The molecule has 0 aromatic carbocycles. The molecule has 2 atom stereocenters. The Bertz CT molecular complexity index is 1210. The van der Waals surface area contributed by atoms with Gasteiger partial charge in [-0.15, -0.1) is 0 Å². The van der Waals surface area contributed by atoms with Crippen LogP contribution in [0.5, 0.6) is 0 Å². The van der Waals surface area contributed by atoms with Crippen molar-refractivity contribution >= 4 is 44.4 Å². The average Bonchev–Trinajstić information content (AvgIpc) is 3.32. The largest absolute Gasteiger partial charge is 0.372 e. The molecular weight excluding hydrogens is 484 g/mol. The highest BCUT2D eigenvalue weighted by Crippen LogP contribution is 2.32. The normalized spacial score (nSPS) is 21.6. The SMILES string of the molecule is Cc1c(Br)c(=O)n(C2CCCC2)c2nc(Nc3ccc(N4CC(C)OC(C)C4)cn3)ncc12. The summed E-state index contributed by atoms with van der Waals surface area (Å²) in [4.78, 5) is 29.2. The van der Waals surface area contributed by atoms with Gasteiger partial charge in [-0.3, -0.25) is 9.36 Å². The first kappa shape index (κ1) is 22.3. The van der Waals surface area contributed by atoms with Gasteiger partial charge >= 0.3 is 0 Å². The molecule has 8 nitrogen and oxygen atoms in total. The van der Waals surface area contributed by atoms with Crippen LogP contribution in [0.1, 0.15) is 51.1 Å². The van der Waals surface area contributed by atoms with E-state index in [2.05, 4.69) is 56.0 Å². The van der Waals surface area contributed by atoms with Crippen LogP contribution in [0, 0.1) is 6.92 Å². The highest BCUT2D eigenvalue weighted by molar-refractivity contribution is 9.10. The van der Waals surface area contributed by atoms with Crippen molar-refractivity contribution in [1.82, 2.24) is 19.5 Å². The molecule has 1 aliphatic carbocycles. The third-order valence-corrected chi connectivity index (χ3v) is 7.53. The zero-order chi connectivity index (χ0) is 23.1. The summed E-state index contributed by atoms with van der Waals surface area (Å²) in [5.41, 5.74) is 2.59. The maximum Gasteiger partial charge on any atom is 0.267 e. The first-order chi connectivity index (χ1) is 15.9. The molecule has 0 spiro atoms. The third-order valence-electron chi connectivity index (χ3n) is 6.60. The lowest BCUT2D eigenvalue weighted by Crippen LogP contribution is -2.45. The molecule has 1 saturated carbocycles. The van der Waals surface area contributed by atoms with E-state index < -0.39 is 0 Å². The van der Waals surface area contributed by atoms with E-state index in [0.29, 0.717) is 21.9 Å². The van der Waals surface area contributed by atoms with Crippen LogP contribution in [0.3, 0.4) is 0 Å². The number of anilines is 3. The summed E-state index contributed by atoms with van der Waals surface area (Å²) < 4.78 is 8.27. The fourth-order valence-corrected chi connectivity index (χ4v) is 5.42. The summed E-state index contributed by atoms with van der Waals surface area (Å²) in [5, 5.41) is 4.10. The van der Waals surface area contributed by atoms with Crippen molar-refractivity contribution in [3.05, 3.63) is 44.9 Å². The molecule has 174 valence electrons. The number of nitrogens with one attached hydrogen (secondary N) is 1. The Kier molecular flexibility index (Phi) is 6.09. The zero-order valence-corrected chi connectivity index (χ0v) is 20.8. The van der Waals surface area contributed by atoms with Gasteiger partial charge in [-0.1, -0.05) is 12.8 Å². The van der Waals surface area contributed by atoms with Crippen LogP contribution in [-0.4, -0.2) is 44.8 Å². The van der Waals surface area contributed by atoms with Gasteiger partial charge in [-0.25, -0.2) is 9.97 Å². The van der Waals surface area contributed by atoms with Gasteiger partial charge in [0, 0.05) is 30.7 Å². The van der Waals surface area contributed by atoms with Crippen molar-refractivity contribution in [2.45, 2.75) is 64.7 Å². The predicted molar refractivity (Wildman–Crippen MR) is 133 cm³/mol. The van der Waals surface area contributed by atoms with Crippen LogP contribution < -0.4 is 15.8 Å². The molecule has 2 unspecified atom stereocenters. The quantitative estimate of drug-likeness (QED) is 0.540. The number of aromatic nitrogens is 4. The minimum absolute atomic E-state index is 0.0204. The molecule has 0 radical (unpaired) electrons. The number of morpholine rings is 1. The highest BCUT2D eigenvalue weighted by atomic mass is 79.9. The van der Waals surface area contributed by atoms with E-state index in [1.165, 1.54) is 0 Å². The van der Waals surface area contributed by atoms with Crippen LogP contribution in [-0.2, 0) is 4.74 Å². The summed E-state index contributed by atoms with van der Waals surface area (Å²) >= 11 is 3.49. The second-order valence-corrected chi connectivity index (χ2v) is 9.97. The number of nitrogens with zero attached hydrogens (tertiary/aromatic N) is 5. The van der Waals surface area contributed by atoms with Gasteiger partial charge in [0.2, 0.25) is 5.95 Å². The van der Waals surface area contributed by atoms with E-state index in [-0.39, 0.29) is 23.8 Å². The van der Waals surface area contributed by atoms with Crippen LogP contribution in [0.25, 0.3) is 11.0 Å². The van der Waals surface area contributed by atoms with Gasteiger partial charge in [0.05, 0.1) is 28.6 Å². The average molecular weight is 513 g/mol. The van der Waals surface area contributed by atoms with E-state index in [1.54, 1.807) is 6.20 Å². The molecule has 3 aromatic rings. The third kappa shape index (κ3) is 4.36. The number of rotatable bonds is 4. The predicted octanol–water partition coefficient (Wildman–Crippen LogP) is 4.73. The van der Waals surface area contributed by atoms with E-state index in [4.69, 9.17) is 9.72 Å². The number of fused-ring (bicyclic) bond motifs is 1. The molecule has 1 aliphatic heterocycles. The lowest BCUT2D eigenvalue weighted by atomic mass is 10.1. The molecule has 0 amide bonds. The zero-order valence-electron chi connectivity index (χ0n) is 19.2. The number of aryl methyl sites for hydroxylation is 1. The van der Waals surface area contributed by atoms with E-state index in [1.807, 2.05) is 23.8 Å². The highest BCUT2D eigenvalue weighted by Gasteiger charge is 2.24. The molecule has 4 heterocycles. The van der Waals surface area contributed by atoms with Gasteiger partial charge in [0.15, 0.2) is 0 Å². The standard InChI is InChI=1S/C24H29BrN6O2/c1-14-12-30(13-15(2)33-14)18-8-9-20(26-10-18)28-24-27-11-19-16(3)21(25)23(32)31(22(19)29-24)17-6-4-5-7-17/h8-11,14-15,17H,4-7,12-13H2,1-3H3,(H,26,27,28,29). The number of halogens is 1. The van der Waals surface area contributed by atoms with Gasteiger partial charge < -0.3 is 15.0 Å². The lowest BCUT2D eigenvalue weighted by Gasteiger charge is -2.36. The van der Waals surface area contributed by atoms with Gasteiger partial charge in [-0.2, -0.15) is 4.98 Å². The van der Waals surface area contributed by atoms with Crippen molar-refractivity contribution in [2.75, 3.05) is 23.3 Å². The summed E-state index contributed by atoms with van der Waals surface area (Å²) in [6.45, 7) is 7.81. The van der Waals surface area contributed by atoms with Gasteiger partial charge in [-0.05, 0) is 67.2 Å². The van der Waals surface area contributed by atoms with Crippen LogP contribution in [0.15, 0.2) is 33.8 Å². The lowest BCUT2D eigenvalue weighted by molar-refractivity contribution is -0.00523. The maximum absolute atomic E-state index is 13.1. The van der Waals surface area contributed by atoms with E-state index in [9.17, 15) is 4.79 Å². The van der Waals surface area contributed by atoms with Crippen molar-refractivity contribution in [1.29, 1.82) is 0 Å². The Morgan fingerprint density at radius 2 is 1.82 bits per heavy atom. The smallest absolute Gasteiger partial charge is 0.267 e. The molecule has 2 aliphatic rings. The Morgan fingerprint density at radius 1 is 1.09 bits per heavy atom. The molecule has 1 saturated heterocycles. The molecule has 0 bridgehead atoms. The van der Waals surface area contributed by atoms with Crippen molar-refractivity contribution < 1.29 is 4.74 Å². The number of ether oxygens (including phenoxy) is 1. The van der Waals surface area contributed by atoms with Gasteiger partial charge in [0.25, 0.3) is 5.56 Å². The van der Waals surface area contributed by atoms with Crippen LogP contribution in [0.2, 0.25) is 0 Å². The first-order valence-electron chi connectivity index (χ1n) is 11.6. The van der Waals surface area contributed by atoms with Gasteiger partial charge in [0.1, 0.15) is 11.5 Å². The minimum Gasteiger partial charge on any atom is -0.372 e. The summed E-state index contributed by atoms with van der Waals surface area (Å²) in [6, 6.07) is 4.16. The molecular formula is C24H29BrN6O2. The fraction of sp³-hybridized carbons (Fsp3) is 0.500. The monoisotopic (exact) mass is 512 g/mol. The van der Waals surface area contributed by atoms with E-state index >= 15 is 0 Å². The number of pyridine rings is 2. The maximum atomic E-state index is 13.1. The summed E-state index contributed by atoms with van der Waals surface area (Å²) in [5.74, 6) is 1.10. The van der Waals surface area contributed by atoms with Crippen LogP contribution >= 0.6 is 15.9 Å². The number of hydrogen-bond acceptors (Lipinski definition) is 7. The Balaban J connectivity index is 1.44. The Morgan fingerprint density at radius 3 is 2.48 bits per heavy atom. The molecule has 33 heavy (non-hydrogen) atoms. The van der Waals surface area contributed by atoms with E-state index in [0.717, 1.165) is 55.4 Å².